The molecule has 2 N–H and O–H groups in total. The first kappa shape index (κ1) is 15.6. The molecule has 0 aliphatic rings. The smallest absolute Gasteiger partial charge is 0.240 e. The first-order valence-electron chi connectivity index (χ1n) is 7.29. The molecule has 0 bridgehead atoms. The molecule has 120 valence electrons. The fourth-order valence-electron chi connectivity index (χ4n) is 2.66. The molecule has 3 rings (SSSR count). The second-order valence-electron chi connectivity index (χ2n) is 5.43. The van der Waals surface area contributed by atoms with Crippen molar-refractivity contribution >= 4 is 20.9 Å². The quantitative estimate of drug-likeness (QED) is 0.754. The second-order valence-corrected chi connectivity index (χ2v) is 7.19. The number of aromatic nitrogens is 1. The average Bonchev–Trinajstić information content (AvgIpc) is 2.84. The average molecular weight is 330 g/mol. The summed E-state index contributed by atoms with van der Waals surface area (Å²) in [7, 11) is -1.56. The summed E-state index contributed by atoms with van der Waals surface area (Å²) >= 11 is 0. The molecule has 2 aromatic carbocycles. The summed E-state index contributed by atoms with van der Waals surface area (Å²) in [5.74, 6) is 0.204. The van der Waals surface area contributed by atoms with Crippen molar-refractivity contribution in [1.82, 2.24) is 9.29 Å². The maximum Gasteiger partial charge on any atom is 0.240 e. The summed E-state index contributed by atoms with van der Waals surface area (Å²) in [5, 5.41) is 10.6. The van der Waals surface area contributed by atoms with Gasteiger partial charge in [0.15, 0.2) is 0 Å². The van der Waals surface area contributed by atoms with Gasteiger partial charge in [0.05, 0.1) is 4.90 Å². The molecule has 0 saturated carbocycles. The summed E-state index contributed by atoms with van der Waals surface area (Å²) in [6, 6.07) is 13.5. The number of phenols is 1. The van der Waals surface area contributed by atoms with Gasteiger partial charge in [-0.2, -0.15) is 0 Å². The molecule has 1 aromatic heterocycles. The molecule has 0 atom stereocenters. The zero-order chi connectivity index (χ0) is 16.4. The topological polar surface area (TPSA) is 71.3 Å². The highest BCUT2D eigenvalue weighted by Gasteiger charge is 2.13. The molecule has 0 unspecified atom stereocenters. The van der Waals surface area contributed by atoms with Crippen LogP contribution in [-0.2, 0) is 23.5 Å². The van der Waals surface area contributed by atoms with Crippen molar-refractivity contribution in [3.8, 4) is 5.75 Å². The van der Waals surface area contributed by atoms with Crippen molar-refractivity contribution in [3.63, 3.8) is 0 Å². The fourth-order valence-corrected chi connectivity index (χ4v) is 3.72. The van der Waals surface area contributed by atoms with E-state index in [1.807, 2.05) is 23.9 Å². The van der Waals surface area contributed by atoms with E-state index >= 15 is 0 Å². The highest BCUT2D eigenvalue weighted by molar-refractivity contribution is 7.89. The minimum Gasteiger partial charge on any atom is -0.508 e. The largest absolute Gasteiger partial charge is 0.508 e. The van der Waals surface area contributed by atoms with E-state index < -0.39 is 10.0 Å². The molecule has 3 aromatic rings. The number of hydrogen-bond donors (Lipinski definition) is 2. The van der Waals surface area contributed by atoms with Crippen molar-refractivity contribution in [2.45, 2.75) is 11.3 Å². The number of phenolic OH excluding ortho intramolecular Hbond substituents is 1. The van der Waals surface area contributed by atoms with Crippen molar-refractivity contribution in [3.05, 3.63) is 60.3 Å². The Hall–Kier alpha value is -2.31. The van der Waals surface area contributed by atoms with Gasteiger partial charge in [-0.15, -0.1) is 0 Å². The number of aryl methyl sites for hydroxylation is 1. The van der Waals surface area contributed by atoms with Gasteiger partial charge in [0.25, 0.3) is 0 Å². The molecule has 0 radical (unpaired) electrons. The van der Waals surface area contributed by atoms with Crippen molar-refractivity contribution in [1.29, 1.82) is 0 Å². The molecule has 0 aliphatic heterocycles. The Balaban J connectivity index is 1.76. The number of sulfonamides is 1. The third-order valence-corrected chi connectivity index (χ3v) is 5.27. The normalized spacial score (nSPS) is 11.9. The number of benzene rings is 2. The Labute approximate surface area is 135 Å². The molecule has 0 amide bonds. The maximum atomic E-state index is 12.2. The molecule has 5 nitrogen and oxygen atoms in total. The standard InChI is InChI=1S/C17H18N2O3S/c1-19-12-13(16-11-14(20)7-8-17(16)19)9-10-18-23(21,22)15-5-3-2-4-6-15/h2-8,11-12,18,20H,9-10H2,1H3. The van der Waals surface area contributed by atoms with Crippen LogP contribution in [0.1, 0.15) is 5.56 Å². The lowest BCUT2D eigenvalue weighted by atomic mass is 10.1. The molecular weight excluding hydrogens is 312 g/mol. The van der Waals surface area contributed by atoms with Crippen LogP contribution < -0.4 is 4.72 Å². The van der Waals surface area contributed by atoms with Gasteiger partial charge in [0.1, 0.15) is 5.75 Å². The minimum atomic E-state index is -3.49. The summed E-state index contributed by atoms with van der Waals surface area (Å²) < 4.78 is 29.0. The van der Waals surface area contributed by atoms with Crippen molar-refractivity contribution in [2.75, 3.05) is 6.54 Å². The van der Waals surface area contributed by atoms with Crippen molar-refractivity contribution in [2.24, 2.45) is 7.05 Å². The van der Waals surface area contributed by atoms with Crippen LogP contribution in [0.2, 0.25) is 0 Å². The summed E-state index contributed by atoms with van der Waals surface area (Å²) in [6.07, 6.45) is 2.51. The van der Waals surface area contributed by atoms with Crippen LogP contribution in [0.5, 0.6) is 5.75 Å². The van der Waals surface area contributed by atoms with Gasteiger partial charge in [-0.05, 0) is 42.3 Å². The van der Waals surface area contributed by atoms with E-state index in [1.165, 1.54) is 0 Å². The van der Waals surface area contributed by atoms with E-state index in [9.17, 15) is 13.5 Å². The first-order chi connectivity index (χ1) is 11.0. The molecule has 6 heteroatoms. The van der Waals surface area contributed by atoms with Crippen molar-refractivity contribution < 1.29 is 13.5 Å². The van der Waals surface area contributed by atoms with E-state index in [4.69, 9.17) is 0 Å². The van der Waals surface area contributed by atoms with Gasteiger partial charge in [0.2, 0.25) is 10.0 Å². The number of aromatic hydroxyl groups is 1. The van der Waals surface area contributed by atoms with Gasteiger partial charge in [-0.3, -0.25) is 0 Å². The molecule has 0 aliphatic carbocycles. The second kappa shape index (κ2) is 6.06. The molecule has 23 heavy (non-hydrogen) atoms. The lowest BCUT2D eigenvalue weighted by molar-refractivity contribution is 0.476. The predicted molar refractivity (Wildman–Crippen MR) is 89.9 cm³/mol. The monoisotopic (exact) mass is 330 g/mol. The van der Waals surface area contributed by atoms with E-state index in [-0.39, 0.29) is 10.6 Å². The van der Waals surface area contributed by atoms with Gasteiger partial charge in [0, 0.05) is 30.7 Å². The van der Waals surface area contributed by atoms with Gasteiger partial charge in [-0.25, -0.2) is 13.1 Å². The number of rotatable bonds is 5. The molecule has 1 heterocycles. The van der Waals surface area contributed by atoms with Crippen LogP contribution in [0.4, 0.5) is 0 Å². The molecule has 0 fully saturated rings. The summed E-state index contributed by atoms with van der Waals surface area (Å²) in [5.41, 5.74) is 2.00. The highest BCUT2D eigenvalue weighted by atomic mass is 32.2. The minimum absolute atomic E-state index is 0.204. The number of nitrogens with one attached hydrogen (secondary N) is 1. The SMILES string of the molecule is Cn1cc(CCNS(=O)(=O)c2ccccc2)c2cc(O)ccc21. The number of fused-ring (bicyclic) bond motifs is 1. The lowest BCUT2D eigenvalue weighted by Crippen LogP contribution is -2.25. The fraction of sp³-hybridized carbons (Fsp3) is 0.176. The summed E-state index contributed by atoms with van der Waals surface area (Å²) in [4.78, 5) is 0.260. The Bertz CT molecular complexity index is 931. The van der Waals surface area contributed by atoms with Crippen LogP contribution in [0.15, 0.2) is 59.6 Å². The van der Waals surface area contributed by atoms with E-state index in [1.54, 1.807) is 42.5 Å². The Morgan fingerprint density at radius 1 is 1.13 bits per heavy atom. The van der Waals surface area contributed by atoms with Gasteiger partial charge in [-0.1, -0.05) is 18.2 Å². The number of nitrogens with zero attached hydrogens (tertiary/aromatic N) is 1. The van der Waals surface area contributed by atoms with Crippen LogP contribution in [0, 0.1) is 0 Å². The van der Waals surface area contributed by atoms with Crippen LogP contribution in [0.3, 0.4) is 0 Å². The Kier molecular flexibility index (Phi) is 4.11. The third-order valence-electron chi connectivity index (χ3n) is 3.80. The van der Waals surface area contributed by atoms with E-state index in [2.05, 4.69) is 4.72 Å². The Morgan fingerprint density at radius 3 is 2.61 bits per heavy atom. The maximum absolute atomic E-state index is 12.2. The highest BCUT2D eigenvalue weighted by Crippen LogP contribution is 2.25. The third kappa shape index (κ3) is 3.23. The molecule has 0 spiro atoms. The van der Waals surface area contributed by atoms with E-state index in [0.29, 0.717) is 13.0 Å². The lowest BCUT2D eigenvalue weighted by Gasteiger charge is -2.06. The molecular formula is C17H18N2O3S. The summed E-state index contributed by atoms with van der Waals surface area (Å²) in [6.45, 7) is 0.298. The van der Waals surface area contributed by atoms with Crippen LogP contribution in [0.25, 0.3) is 10.9 Å². The van der Waals surface area contributed by atoms with E-state index in [0.717, 1.165) is 16.5 Å². The first-order valence-corrected chi connectivity index (χ1v) is 8.77. The van der Waals surface area contributed by atoms with Gasteiger partial charge >= 0.3 is 0 Å². The molecule has 0 saturated heterocycles. The zero-order valence-corrected chi connectivity index (χ0v) is 13.5. The Morgan fingerprint density at radius 2 is 1.87 bits per heavy atom. The number of hydrogen-bond acceptors (Lipinski definition) is 3. The van der Waals surface area contributed by atoms with Crippen LogP contribution >= 0.6 is 0 Å². The zero-order valence-electron chi connectivity index (χ0n) is 12.7. The van der Waals surface area contributed by atoms with Crippen LogP contribution in [-0.4, -0.2) is 24.6 Å². The predicted octanol–water partition coefficient (Wildman–Crippen LogP) is 2.40. The van der Waals surface area contributed by atoms with Gasteiger partial charge < -0.3 is 9.67 Å².